The lowest BCUT2D eigenvalue weighted by Gasteiger charge is -2.10. The Bertz CT molecular complexity index is 385. The van der Waals surface area contributed by atoms with Crippen LogP contribution in [0.25, 0.3) is 0 Å². The van der Waals surface area contributed by atoms with Crippen LogP contribution in [0, 0.1) is 28.9 Å². The van der Waals surface area contributed by atoms with Gasteiger partial charge in [0.15, 0.2) is 11.6 Å². The minimum Gasteiger partial charge on any atom is -0.380 e. The molecule has 0 saturated carbocycles. The quantitative estimate of drug-likeness (QED) is 0.851. The molecule has 0 aliphatic heterocycles. The van der Waals surface area contributed by atoms with Gasteiger partial charge in [-0.2, -0.15) is 5.26 Å². The number of halogens is 2. The van der Waals surface area contributed by atoms with Crippen LogP contribution in [0.5, 0.6) is 0 Å². The lowest BCUT2D eigenvalue weighted by Crippen LogP contribution is -2.08. The third-order valence-corrected chi connectivity index (χ3v) is 2.19. The third kappa shape index (κ3) is 3.20. The first-order chi connectivity index (χ1) is 7.54. The van der Waals surface area contributed by atoms with E-state index >= 15 is 0 Å². The van der Waals surface area contributed by atoms with E-state index in [1.165, 1.54) is 0 Å². The number of hydrogen-bond acceptors (Lipinski definition) is 2. The summed E-state index contributed by atoms with van der Waals surface area (Å²) >= 11 is 0. The lowest BCUT2D eigenvalue weighted by molar-refractivity contribution is 0.576. The molecule has 0 aromatic heterocycles. The number of nitrogens with zero attached hydrogens (tertiary/aromatic N) is 1. The van der Waals surface area contributed by atoms with Crippen molar-refractivity contribution in [2.75, 3.05) is 11.9 Å². The molecule has 0 atom stereocenters. The molecule has 1 aromatic rings. The Balaban J connectivity index is 2.77. The summed E-state index contributed by atoms with van der Waals surface area (Å²) in [6.07, 6.45) is 0.832. The molecule has 0 unspecified atom stereocenters. The summed E-state index contributed by atoms with van der Waals surface area (Å²) < 4.78 is 26.7. The molecule has 0 amide bonds. The SMILES string of the molecule is CC(C)CCNc1c(F)cc(C#N)cc1F. The fraction of sp³-hybridized carbons (Fsp3) is 0.417. The maximum Gasteiger partial charge on any atom is 0.150 e. The third-order valence-electron chi connectivity index (χ3n) is 2.19. The van der Waals surface area contributed by atoms with E-state index < -0.39 is 11.6 Å². The van der Waals surface area contributed by atoms with Gasteiger partial charge in [-0.15, -0.1) is 0 Å². The summed E-state index contributed by atoms with van der Waals surface area (Å²) in [7, 11) is 0. The van der Waals surface area contributed by atoms with Gasteiger partial charge in [-0.1, -0.05) is 13.8 Å². The molecule has 0 bridgehead atoms. The fourth-order valence-electron chi connectivity index (χ4n) is 1.29. The summed E-state index contributed by atoms with van der Waals surface area (Å²) in [4.78, 5) is 0. The molecule has 0 fully saturated rings. The van der Waals surface area contributed by atoms with Crippen molar-refractivity contribution in [2.45, 2.75) is 20.3 Å². The zero-order chi connectivity index (χ0) is 12.1. The van der Waals surface area contributed by atoms with Crippen LogP contribution in [0.2, 0.25) is 0 Å². The average molecular weight is 224 g/mol. The Hall–Kier alpha value is -1.63. The van der Waals surface area contributed by atoms with Crippen molar-refractivity contribution in [3.8, 4) is 6.07 Å². The second kappa shape index (κ2) is 5.45. The summed E-state index contributed by atoms with van der Waals surface area (Å²) in [5.74, 6) is -0.974. The van der Waals surface area contributed by atoms with E-state index in [1.807, 2.05) is 13.8 Å². The highest BCUT2D eigenvalue weighted by atomic mass is 19.1. The van der Waals surface area contributed by atoms with E-state index in [0.29, 0.717) is 12.5 Å². The van der Waals surface area contributed by atoms with E-state index in [0.717, 1.165) is 18.6 Å². The van der Waals surface area contributed by atoms with Gasteiger partial charge >= 0.3 is 0 Å². The van der Waals surface area contributed by atoms with Crippen molar-refractivity contribution in [2.24, 2.45) is 5.92 Å². The molecule has 0 radical (unpaired) electrons. The Morgan fingerprint density at radius 1 is 1.31 bits per heavy atom. The van der Waals surface area contributed by atoms with Crippen molar-refractivity contribution < 1.29 is 8.78 Å². The van der Waals surface area contributed by atoms with E-state index in [1.54, 1.807) is 6.07 Å². The molecule has 2 nitrogen and oxygen atoms in total. The highest BCUT2D eigenvalue weighted by molar-refractivity contribution is 5.50. The normalized spacial score (nSPS) is 10.2. The average Bonchev–Trinajstić information content (AvgIpc) is 2.21. The van der Waals surface area contributed by atoms with Crippen LogP contribution in [-0.2, 0) is 0 Å². The summed E-state index contributed by atoms with van der Waals surface area (Å²) in [5, 5.41) is 11.2. The molecule has 0 heterocycles. The van der Waals surface area contributed by atoms with Gasteiger partial charge in [0.1, 0.15) is 5.69 Å². The van der Waals surface area contributed by atoms with Gasteiger partial charge in [-0.3, -0.25) is 0 Å². The Morgan fingerprint density at radius 3 is 2.31 bits per heavy atom. The van der Waals surface area contributed by atoms with Crippen molar-refractivity contribution in [1.29, 1.82) is 5.26 Å². The summed E-state index contributed by atoms with van der Waals surface area (Å²) in [5.41, 5.74) is -0.163. The highest BCUT2D eigenvalue weighted by Crippen LogP contribution is 2.20. The second-order valence-electron chi connectivity index (χ2n) is 4.04. The second-order valence-corrected chi connectivity index (χ2v) is 4.04. The molecule has 0 aliphatic carbocycles. The molecule has 0 saturated heterocycles. The van der Waals surface area contributed by atoms with E-state index in [4.69, 9.17) is 5.26 Å². The number of nitriles is 1. The molecular formula is C12H14F2N2. The number of nitrogens with one attached hydrogen (secondary N) is 1. The maximum absolute atomic E-state index is 13.4. The van der Waals surface area contributed by atoms with Crippen LogP contribution in [0.1, 0.15) is 25.8 Å². The van der Waals surface area contributed by atoms with Gasteiger partial charge < -0.3 is 5.32 Å². The van der Waals surface area contributed by atoms with Gasteiger partial charge in [0.2, 0.25) is 0 Å². The zero-order valence-corrected chi connectivity index (χ0v) is 9.35. The van der Waals surface area contributed by atoms with Crippen molar-refractivity contribution in [3.05, 3.63) is 29.3 Å². The van der Waals surface area contributed by atoms with Gasteiger partial charge in [0, 0.05) is 6.54 Å². The lowest BCUT2D eigenvalue weighted by atomic mass is 10.1. The Kier molecular flexibility index (Phi) is 4.24. The summed E-state index contributed by atoms with van der Waals surface area (Å²) in [6, 6.07) is 3.76. The molecule has 1 rings (SSSR count). The van der Waals surface area contributed by atoms with Crippen LogP contribution >= 0.6 is 0 Å². The molecule has 0 spiro atoms. The molecule has 16 heavy (non-hydrogen) atoms. The minimum absolute atomic E-state index is 0.00981. The predicted octanol–water partition coefficient (Wildman–Crippen LogP) is 3.29. The van der Waals surface area contributed by atoms with Crippen molar-refractivity contribution in [3.63, 3.8) is 0 Å². The number of benzene rings is 1. The fourth-order valence-corrected chi connectivity index (χ4v) is 1.29. The highest BCUT2D eigenvalue weighted by Gasteiger charge is 2.10. The number of anilines is 1. The Morgan fingerprint density at radius 2 is 1.88 bits per heavy atom. The molecule has 1 N–H and O–H groups in total. The first kappa shape index (κ1) is 12.4. The van der Waals surface area contributed by atoms with Crippen LogP contribution in [0.4, 0.5) is 14.5 Å². The predicted molar refractivity (Wildman–Crippen MR) is 59.0 cm³/mol. The van der Waals surface area contributed by atoms with Gasteiger partial charge in [-0.05, 0) is 24.5 Å². The van der Waals surface area contributed by atoms with Gasteiger partial charge in [-0.25, -0.2) is 8.78 Å². The van der Waals surface area contributed by atoms with E-state index in [9.17, 15) is 8.78 Å². The monoisotopic (exact) mass is 224 g/mol. The van der Waals surface area contributed by atoms with Crippen LogP contribution in [0.3, 0.4) is 0 Å². The maximum atomic E-state index is 13.4. The number of hydrogen-bond donors (Lipinski definition) is 1. The smallest absolute Gasteiger partial charge is 0.150 e. The van der Waals surface area contributed by atoms with Crippen molar-refractivity contribution in [1.82, 2.24) is 0 Å². The molecule has 1 aromatic carbocycles. The first-order valence-electron chi connectivity index (χ1n) is 5.17. The molecular weight excluding hydrogens is 210 g/mol. The van der Waals surface area contributed by atoms with E-state index in [2.05, 4.69) is 5.32 Å². The van der Waals surface area contributed by atoms with Crippen LogP contribution in [0.15, 0.2) is 12.1 Å². The topological polar surface area (TPSA) is 35.8 Å². The number of rotatable bonds is 4. The molecule has 0 aliphatic rings. The molecule has 86 valence electrons. The molecule has 4 heteroatoms. The zero-order valence-electron chi connectivity index (χ0n) is 9.35. The van der Waals surface area contributed by atoms with Crippen LogP contribution < -0.4 is 5.32 Å². The van der Waals surface area contributed by atoms with Gasteiger partial charge in [0.25, 0.3) is 0 Å². The Labute approximate surface area is 93.9 Å². The van der Waals surface area contributed by atoms with Crippen LogP contribution in [-0.4, -0.2) is 6.54 Å². The van der Waals surface area contributed by atoms with E-state index in [-0.39, 0.29) is 11.3 Å². The standard InChI is InChI=1S/C12H14F2N2/c1-8(2)3-4-16-12-10(13)5-9(7-15)6-11(12)14/h5-6,8,16H,3-4H2,1-2H3. The summed E-state index contributed by atoms with van der Waals surface area (Å²) in [6.45, 7) is 4.58. The first-order valence-corrected chi connectivity index (χ1v) is 5.17. The largest absolute Gasteiger partial charge is 0.380 e. The van der Waals surface area contributed by atoms with Gasteiger partial charge in [0.05, 0.1) is 11.6 Å². The van der Waals surface area contributed by atoms with Crippen molar-refractivity contribution >= 4 is 5.69 Å². The minimum atomic E-state index is -0.722.